The lowest BCUT2D eigenvalue weighted by Crippen LogP contribution is -2.43. The van der Waals surface area contributed by atoms with Crippen molar-refractivity contribution in [3.8, 4) is 0 Å². The average Bonchev–Trinajstić information content (AvgIpc) is 2.35. The quantitative estimate of drug-likeness (QED) is 0.520. The third-order valence-corrected chi connectivity index (χ3v) is 2.36. The molecule has 0 heterocycles. The summed E-state index contributed by atoms with van der Waals surface area (Å²) in [7, 11) is 0. The molecule has 102 valence electrons. The minimum absolute atomic E-state index is 0.0223. The second-order valence-corrected chi connectivity index (χ2v) is 4.31. The average molecular weight is 283 g/mol. The summed E-state index contributed by atoms with van der Waals surface area (Å²) in [5.41, 5.74) is 5.92. The van der Waals surface area contributed by atoms with Gasteiger partial charge >= 0.3 is 11.8 Å². The molecule has 5 nitrogen and oxygen atoms in total. The van der Waals surface area contributed by atoms with Gasteiger partial charge in [-0.3, -0.25) is 9.59 Å². The molecule has 1 rings (SSSR count). The normalized spacial score (nSPS) is 9.74. The molecule has 0 fully saturated rings. The maximum atomic E-state index is 12.9. The van der Waals surface area contributed by atoms with Crippen molar-refractivity contribution in [1.29, 1.82) is 0 Å². The molecule has 19 heavy (non-hydrogen) atoms. The Balaban J connectivity index is 2.30. The first-order valence-electron chi connectivity index (χ1n) is 5.58. The number of rotatable bonds is 5. The molecule has 0 aliphatic carbocycles. The number of hydrogen-bond donors (Lipinski definition) is 3. The lowest BCUT2D eigenvalue weighted by molar-refractivity contribution is -0.139. The van der Waals surface area contributed by atoms with E-state index >= 15 is 0 Å². The molecule has 0 atom stereocenters. The topological polar surface area (TPSA) is 84.2 Å². The van der Waals surface area contributed by atoms with Crippen molar-refractivity contribution in [3.05, 3.63) is 35.6 Å². The molecule has 0 saturated carbocycles. The third-order valence-electron chi connectivity index (χ3n) is 2.22. The van der Waals surface area contributed by atoms with Gasteiger partial charge in [-0.2, -0.15) is 0 Å². The van der Waals surface area contributed by atoms with Crippen molar-refractivity contribution >= 4 is 29.0 Å². The van der Waals surface area contributed by atoms with Crippen LogP contribution >= 0.6 is 12.2 Å². The zero-order valence-corrected chi connectivity index (χ0v) is 10.9. The molecule has 0 unspecified atom stereocenters. The first-order chi connectivity index (χ1) is 8.99. The maximum absolute atomic E-state index is 12.9. The van der Waals surface area contributed by atoms with Crippen molar-refractivity contribution in [3.63, 3.8) is 0 Å². The van der Waals surface area contributed by atoms with Crippen LogP contribution in [0.15, 0.2) is 24.3 Å². The minimum Gasteiger partial charge on any atom is -0.392 e. The molecule has 0 aliphatic heterocycles. The SMILES string of the molecule is NC(=S)CNC(=O)C(=O)NCCc1cccc(F)c1. The Bertz CT molecular complexity index is 494. The predicted molar refractivity (Wildman–Crippen MR) is 72.9 cm³/mol. The summed E-state index contributed by atoms with van der Waals surface area (Å²) in [4.78, 5) is 22.7. The minimum atomic E-state index is -0.799. The Labute approximate surface area is 115 Å². The molecule has 1 aromatic carbocycles. The number of carbonyl (C=O) groups excluding carboxylic acids is 2. The zero-order chi connectivity index (χ0) is 14.3. The van der Waals surface area contributed by atoms with Crippen LogP contribution in [0.1, 0.15) is 5.56 Å². The van der Waals surface area contributed by atoms with Gasteiger partial charge in [0.15, 0.2) is 0 Å². The van der Waals surface area contributed by atoms with Crippen LogP contribution in [0, 0.1) is 5.82 Å². The van der Waals surface area contributed by atoms with Gasteiger partial charge in [-0.25, -0.2) is 4.39 Å². The number of nitrogens with two attached hydrogens (primary N) is 1. The largest absolute Gasteiger partial charge is 0.392 e. The highest BCUT2D eigenvalue weighted by atomic mass is 32.1. The number of amides is 2. The smallest absolute Gasteiger partial charge is 0.309 e. The molecule has 4 N–H and O–H groups in total. The van der Waals surface area contributed by atoms with Gasteiger partial charge in [-0.1, -0.05) is 24.4 Å². The second-order valence-electron chi connectivity index (χ2n) is 3.78. The highest BCUT2D eigenvalue weighted by molar-refractivity contribution is 7.80. The van der Waals surface area contributed by atoms with Gasteiger partial charge in [0, 0.05) is 6.54 Å². The van der Waals surface area contributed by atoms with Crippen molar-refractivity contribution in [1.82, 2.24) is 10.6 Å². The number of thiocarbonyl (C=S) groups is 1. The van der Waals surface area contributed by atoms with E-state index < -0.39 is 11.8 Å². The molecule has 1 aromatic rings. The van der Waals surface area contributed by atoms with Crippen molar-refractivity contribution in [2.75, 3.05) is 13.1 Å². The summed E-state index contributed by atoms with van der Waals surface area (Å²) in [5, 5.41) is 4.68. The molecule has 0 radical (unpaired) electrons. The van der Waals surface area contributed by atoms with E-state index in [1.165, 1.54) is 12.1 Å². The van der Waals surface area contributed by atoms with Crippen LogP contribution < -0.4 is 16.4 Å². The molecule has 0 aliphatic rings. The first kappa shape index (κ1) is 15.0. The molecule has 0 aromatic heterocycles. The van der Waals surface area contributed by atoms with Gasteiger partial charge in [-0.15, -0.1) is 0 Å². The van der Waals surface area contributed by atoms with E-state index in [2.05, 4.69) is 22.9 Å². The summed E-state index contributed by atoms with van der Waals surface area (Å²) >= 11 is 4.56. The highest BCUT2D eigenvalue weighted by Crippen LogP contribution is 2.03. The van der Waals surface area contributed by atoms with Gasteiger partial charge < -0.3 is 16.4 Å². The van der Waals surface area contributed by atoms with Gasteiger partial charge in [0.1, 0.15) is 5.82 Å². The Morgan fingerprint density at radius 1 is 1.26 bits per heavy atom. The molecular weight excluding hydrogens is 269 g/mol. The Kier molecular flexibility index (Phi) is 5.87. The molecule has 2 amide bonds. The number of carbonyl (C=O) groups is 2. The predicted octanol–water partition coefficient (Wildman–Crippen LogP) is -0.113. The van der Waals surface area contributed by atoms with Crippen LogP contribution in [0.4, 0.5) is 4.39 Å². The summed E-state index contributed by atoms with van der Waals surface area (Å²) < 4.78 is 12.9. The number of halogens is 1. The fraction of sp³-hybridized carbons (Fsp3) is 0.250. The van der Waals surface area contributed by atoms with Gasteiger partial charge in [0.2, 0.25) is 0 Å². The first-order valence-corrected chi connectivity index (χ1v) is 5.98. The Morgan fingerprint density at radius 2 is 1.95 bits per heavy atom. The van der Waals surface area contributed by atoms with E-state index in [4.69, 9.17) is 5.73 Å². The lowest BCUT2D eigenvalue weighted by Gasteiger charge is -2.06. The molecule has 0 spiro atoms. The van der Waals surface area contributed by atoms with Crippen LogP contribution in [0.2, 0.25) is 0 Å². The van der Waals surface area contributed by atoms with Crippen LogP contribution in [0.5, 0.6) is 0 Å². The van der Waals surface area contributed by atoms with Crippen LogP contribution in [-0.2, 0) is 16.0 Å². The van der Waals surface area contributed by atoms with E-state index in [1.807, 2.05) is 0 Å². The summed E-state index contributed by atoms with van der Waals surface area (Å²) in [6.45, 7) is 0.217. The number of benzene rings is 1. The van der Waals surface area contributed by atoms with Gasteiger partial charge in [0.05, 0.1) is 11.5 Å². The second kappa shape index (κ2) is 7.42. The number of hydrogen-bond acceptors (Lipinski definition) is 3. The summed E-state index contributed by atoms with van der Waals surface area (Å²) in [6, 6.07) is 6.04. The van der Waals surface area contributed by atoms with E-state index in [-0.39, 0.29) is 23.9 Å². The molecule has 0 bridgehead atoms. The van der Waals surface area contributed by atoms with Crippen LogP contribution in [-0.4, -0.2) is 29.9 Å². The van der Waals surface area contributed by atoms with Crippen molar-refractivity contribution < 1.29 is 14.0 Å². The standard InChI is InChI=1S/C12H14FN3O2S/c13-9-3-1-2-8(6-9)4-5-15-11(17)12(18)16-7-10(14)19/h1-3,6H,4-5,7H2,(H2,14,19)(H,15,17)(H,16,18). The van der Waals surface area contributed by atoms with E-state index in [1.54, 1.807) is 12.1 Å². The Hall–Kier alpha value is -2.02. The highest BCUT2D eigenvalue weighted by Gasteiger charge is 2.12. The van der Waals surface area contributed by atoms with E-state index in [9.17, 15) is 14.0 Å². The maximum Gasteiger partial charge on any atom is 0.309 e. The van der Waals surface area contributed by atoms with Crippen molar-refractivity contribution in [2.45, 2.75) is 6.42 Å². The summed E-state index contributed by atoms with van der Waals surface area (Å²) in [5.74, 6) is -1.90. The molecular formula is C12H14FN3O2S. The van der Waals surface area contributed by atoms with Gasteiger partial charge in [0.25, 0.3) is 0 Å². The lowest BCUT2D eigenvalue weighted by atomic mass is 10.1. The third kappa shape index (κ3) is 5.91. The zero-order valence-electron chi connectivity index (χ0n) is 10.1. The van der Waals surface area contributed by atoms with Crippen LogP contribution in [0.25, 0.3) is 0 Å². The van der Waals surface area contributed by atoms with E-state index in [0.717, 1.165) is 5.56 Å². The van der Waals surface area contributed by atoms with Crippen molar-refractivity contribution in [2.24, 2.45) is 5.73 Å². The fourth-order valence-corrected chi connectivity index (χ4v) is 1.41. The molecule has 0 saturated heterocycles. The van der Waals surface area contributed by atoms with Crippen LogP contribution in [0.3, 0.4) is 0 Å². The fourth-order valence-electron chi connectivity index (χ4n) is 1.34. The van der Waals surface area contributed by atoms with Gasteiger partial charge in [-0.05, 0) is 24.1 Å². The monoisotopic (exact) mass is 283 g/mol. The van der Waals surface area contributed by atoms with E-state index in [0.29, 0.717) is 6.42 Å². The summed E-state index contributed by atoms with van der Waals surface area (Å²) in [6.07, 6.45) is 0.437. The Morgan fingerprint density at radius 3 is 2.58 bits per heavy atom. The number of nitrogens with one attached hydrogen (secondary N) is 2. The molecule has 7 heteroatoms.